The number of nitrogens with one attached hydrogen (secondary N) is 1. The van der Waals surface area contributed by atoms with Crippen molar-refractivity contribution in [2.45, 2.75) is 0 Å². The van der Waals surface area contributed by atoms with E-state index < -0.39 is 23.8 Å². The van der Waals surface area contributed by atoms with Crippen LogP contribution in [0.25, 0.3) is 0 Å². The van der Waals surface area contributed by atoms with Crippen LogP contribution >= 0.6 is 0 Å². The van der Waals surface area contributed by atoms with Gasteiger partial charge in [-0.15, -0.1) is 0 Å². The standard InChI is InChI=1S/C9H10N4O4/c1-12-7(11-4-6(14)15)5(3-10)8(16)13(2)9(12)17/h11H,4H2,1-2H3,(H,14,15). The Kier molecular flexibility index (Phi) is 3.33. The highest BCUT2D eigenvalue weighted by Gasteiger charge is 2.15. The van der Waals surface area contributed by atoms with Crippen LogP contribution in [-0.2, 0) is 18.9 Å². The third kappa shape index (κ3) is 2.17. The second-order valence-electron chi connectivity index (χ2n) is 3.29. The first-order valence-electron chi connectivity index (χ1n) is 4.56. The topological polar surface area (TPSA) is 117 Å². The van der Waals surface area contributed by atoms with E-state index in [2.05, 4.69) is 5.32 Å². The average molecular weight is 238 g/mol. The summed E-state index contributed by atoms with van der Waals surface area (Å²) in [5.74, 6) is -1.26. The number of nitrogens with zero attached hydrogens (tertiary/aromatic N) is 3. The van der Waals surface area contributed by atoms with E-state index in [9.17, 15) is 14.4 Å². The summed E-state index contributed by atoms with van der Waals surface area (Å²) in [6, 6.07) is 1.65. The minimum atomic E-state index is -1.16. The summed E-state index contributed by atoms with van der Waals surface area (Å²) >= 11 is 0. The molecule has 0 aliphatic carbocycles. The number of hydrogen-bond acceptors (Lipinski definition) is 5. The van der Waals surface area contributed by atoms with Gasteiger partial charge in [0.05, 0.1) is 0 Å². The van der Waals surface area contributed by atoms with Crippen molar-refractivity contribution in [3.05, 3.63) is 26.4 Å². The summed E-state index contributed by atoms with van der Waals surface area (Å²) in [5, 5.41) is 19.7. The van der Waals surface area contributed by atoms with Crippen molar-refractivity contribution in [3.63, 3.8) is 0 Å². The van der Waals surface area contributed by atoms with Gasteiger partial charge in [0.15, 0.2) is 5.56 Å². The van der Waals surface area contributed by atoms with Crippen molar-refractivity contribution in [3.8, 4) is 6.07 Å². The van der Waals surface area contributed by atoms with E-state index in [1.807, 2.05) is 0 Å². The summed E-state index contributed by atoms with van der Waals surface area (Å²) < 4.78 is 1.80. The van der Waals surface area contributed by atoms with E-state index in [1.165, 1.54) is 14.1 Å². The van der Waals surface area contributed by atoms with Crippen molar-refractivity contribution in [1.29, 1.82) is 5.26 Å². The lowest BCUT2D eigenvalue weighted by Crippen LogP contribution is -2.40. The molecule has 2 N–H and O–H groups in total. The van der Waals surface area contributed by atoms with Gasteiger partial charge in [-0.25, -0.2) is 4.79 Å². The summed E-state index contributed by atoms with van der Waals surface area (Å²) in [4.78, 5) is 33.5. The van der Waals surface area contributed by atoms with Gasteiger partial charge in [0, 0.05) is 14.1 Å². The maximum Gasteiger partial charge on any atom is 0.332 e. The molecule has 0 atom stereocenters. The van der Waals surface area contributed by atoms with Crippen molar-refractivity contribution in [2.24, 2.45) is 14.1 Å². The average Bonchev–Trinajstić information content (AvgIpc) is 2.29. The Morgan fingerprint density at radius 1 is 1.41 bits per heavy atom. The molecular weight excluding hydrogens is 228 g/mol. The number of rotatable bonds is 3. The largest absolute Gasteiger partial charge is 0.480 e. The molecule has 1 aromatic heterocycles. The summed E-state index contributed by atoms with van der Waals surface area (Å²) in [6.07, 6.45) is 0. The highest BCUT2D eigenvalue weighted by molar-refractivity contribution is 5.73. The van der Waals surface area contributed by atoms with Gasteiger partial charge in [0.2, 0.25) is 0 Å². The van der Waals surface area contributed by atoms with E-state index in [-0.39, 0.29) is 11.4 Å². The summed E-state index contributed by atoms with van der Waals surface area (Å²) in [6.45, 7) is -0.491. The number of aromatic nitrogens is 2. The Bertz CT molecular complexity index is 620. The Labute approximate surface area is 95.3 Å². The number of nitriles is 1. The van der Waals surface area contributed by atoms with Crippen LogP contribution in [0.4, 0.5) is 5.82 Å². The fraction of sp³-hybridized carbons (Fsp3) is 0.333. The number of carbonyl (C=O) groups is 1. The van der Waals surface area contributed by atoms with Crippen LogP contribution in [-0.4, -0.2) is 26.8 Å². The molecule has 0 radical (unpaired) electrons. The molecule has 0 aromatic carbocycles. The molecule has 0 saturated carbocycles. The lowest BCUT2D eigenvalue weighted by molar-refractivity contribution is -0.134. The third-order valence-corrected chi connectivity index (χ3v) is 2.18. The molecule has 1 rings (SSSR count). The first-order valence-corrected chi connectivity index (χ1v) is 4.56. The van der Waals surface area contributed by atoms with Crippen molar-refractivity contribution < 1.29 is 9.90 Å². The Balaban J connectivity index is 3.49. The minimum Gasteiger partial charge on any atom is -0.480 e. The lowest BCUT2D eigenvalue weighted by Gasteiger charge is -2.11. The Morgan fingerprint density at radius 2 is 2.00 bits per heavy atom. The predicted molar refractivity (Wildman–Crippen MR) is 57.8 cm³/mol. The van der Waals surface area contributed by atoms with Crippen LogP contribution in [0.15, 0.2) is 9.59 Å². The van der Waals surface area contributed by atoms with Gasteiger partial charge in [-0.3, -0.25) is 18.7 Å². The lowest BCUT2D eigenvalue weighted by atomic mass is 10.3. The number of anilines is 1. The molecule has 0 unspecified atom stereocenters. The fourth-order valence-electron chi connectivity index (χ4n) is 1.31. The zero-order chi connectivity index (χ0) is 13.2. The zero-order valence-electron chi connectivity index (χ0n) is 9.22. The smallest absolute Gasteiger partial charge is 0.332 e. The second kappa shape index (κ2) is 4.52. The third-order valence-electron chi connectivity index (χ3n) is 2.18. The molecule has 0 amide bonds. The predicted octanol–water partition coefficient (Wildman–Crippen LogP) is -1.55. The second-order valence-corrected chi connectivity index (χ2v) is 3.29. The molecule has 90 valence electrons. The zero-order valence-corrected chi connectivity index (χ0v) is 9.22. The molecule has 8 nitrogen and oxygen atoms in total. The van der Waals surface area contributed by atoms with Gasteiger partial charge < -0.3 is 10.4 Å². The van der Waals surface area contributed by atoms with Gasteiger partial charge in [0.25, 0.3) is 5.56 Å². The summed E-state index contributed by atoms with van der Waals surface area (Å²) in [5.41, 5.74) is -1.69. The van der Waals surface area contributed by atoms with Crippen molar-refractivity contribution >= 4 is 11.8 Å². The number of carboxylic acids is 1. The van der Waals surface area contributed by atoms with Crippen LogP contribution in [0.2, 0.25) is 0 Å². The van der Waals surface area contributed by atoms with Crippen LogP contribution in [0.5, 0.6) is 0 Å². The molecule has 0 spiro atoms. The Morgan fingerprint density at radius 3 is 2.47 bits per heavy atom. The monoisotopic (exact) mass is 238 g/mol. The minimum absolute atomic E-state index is 0.0944. The molecular formula is C9H10N4O4. The number of aliphatic carboxylic acids is 1. The fourth-order valence-corrected chi connectivity index (χ4v) is 1.31. The van der Waals surface area contributed by atoms with E-state index in [1.54, 1.807) is 6.07 Å². The van der Waals surface area contributed by atoms with Gasteiger partial charge in [-0.2, -0.15) is 5.26 Å². The molecule has 1 heterocycles. The Hall–Kier alpha value is -2.56. The van der Waals surface area contributed by atoms with Crippen LogP contribution in [0, 0.1) is 11.3 Å². The molecule has 17 heavy (non-hydrogen) atoms. The first kappa shape index (κ1) is 12.5. The molecule has 0 fully saturated rings. The van der Waals surface area contributed by atoms with Crippen LogP contribution in [0.1, 0.15) is 5.56 Å². The summed E-state index contributed by atoms with van der Waals surface area (Å²) in [7, 11) is 2.58. The normalized spacial score (nSPS) is 9.71. The first-order chi connectivity index (χ1) is 7.90. The van der Waals surface area contributed by atoms with Gasteiger partial charge in [0.1, 0.15) is 18.4 Å². The van der Waals surface area contributed by atoms with Crippen LogP contribution < -0.4 is 16.6 Å². The quantitative estimate of drug-likeness (QED) is 0.658. The highest BCUT2D eigenvalue weighted by atomic mass is 16.4. The molecule has 8 heteroatoms. The number of hydrogen-bond donors (Lipinski definition) is 2. The maximum atomic E-state index is 11.6. The molecule has 0 saturated heterocycles. The maximum absolute atomic E-state index is 11.6. The molecule has 0 aliphatic heterocycles. The molecule has 0 aliphatic rings. The van der Waals surface area contributed by atoms with Crippen molar-refractivity contribution in [2.75, 3.05) is 11.9 Å². The number of carboxylic acid groups (broad SMARTS) is 1. The highest BCUT2D eigenvalue weighted by Crippen LogP contribution is 2.05. The molecule has 0 bridgehead atoms. The van der Waals surface area contributed by atoms with Crippen LogP contribution in [0.3, 0.4) is 0 Å². The van der Waals surface area contributed by atoms with E-state index in [4.69, 9.17) is 10.4 Å². The SMILES string of the molecule is Cn1c(NCC(=O)O)c(C#N)c(=O)n(C)c1=O. The molecule has 1 aromatic rings. The van der Waals surface area contributed by atoms with E-state index in [0.29, 0.717) is 0 Å². The van der Waals surface area contributed by atoms with Gasteiger partial charge >= 0.3 is 11.7 Å². The van der Waals surface area contributed by atoms with E-state index in [0.717, 1.165) is 9.13 Å². The van der Waals surface area contributed by atoms with Gasteiger partial charge in [-0.05, 0) is 0 Å². The van der Waals surface area contributed by atoms with E-state index >= 15 is 0 Å². The van der Waals surface area contributed by atoms with Gasteiger partial charge in [-0.1, -0.05) is 0 Å². The van der Waals surface area contributed by atoms with Crippen molar-refractivity contribution in [1.82, 2.24) is 9.13 Å².